The van der Waals surface area contributed by atoms with E-state index in [4.69, 9.17) is 5.84 Å². The monoisotopic (exact) mass is 339 g/mol. The Kier molecular flexibility index (Phi) is 4.86. The normalized spacial score (nSPS) is 12.0. The summed E-state index contributed by atoms with van der Waals surface area (Å²) in [5, 5.41) is 3.26. The number of hydrogen-bond donors (Lipinski definition) is 3. The summed E-state index contributed by atoms with van der Waals surface area (Å²) in [6.45, 7) is 2.02. The Bertz CT molecular complexity index is 575. The lowest BCUT2D eigenvalue weighted by molar-refractivity contribution is 0.626. The molecular weight excluding hydrogens is 325 g/mol. The van der Waals surface area contributed by atoms with Gasteiger partial charge in [0.1, 0.15) is 11.6 Å². The van der Waals surface area contributed by atoms with Crippen molar-refractivity contribution in [2.24, 2.45) is 5.84 Å². The van der Waals surface area contributed by atoms with Crippen LogP contribution in [0.4, 0.5) is 16.2 Å². The molecule has 0 amide bonds. The molecule has 0 saturated heterocycles. The summed E-state index contributed by atoms with van der Waals surface area (Å²) in [5.41, 5.74) is 3.45. The van der Waals surface area contributed by atoms with Crippen molar-refractivity contribution < 1.29 is 4.39 Å². The number of hydrazine groups is 1. The number of halogens is 2. The molecule has 4 N–H and O–H groups in total. The van der Waals surface area contributed by atoms with Crippen molar-refractivity contribution in [1.29, 1.82) is 0 Å². The minimum absolute atomic E-state index is 0.122. The predicted octanol–water partition coefficient (Wildman–Crippen LogP) is 2.71. The highest BCUT2D eigenvalue weighted by Gasteiger charge is 2.09. The largest absolute Gasteiger partial charge is 0.366 e. The number of anilines is 2. The van der Waals surface area contributed by atoms with Gasteiger partial charge < -0.3 is 5.32 Å². The SMILES string of the molecule is CC(Cc1ccc(F)cc1)Nc1nc(NN)ncc1Br. The van der Waals surface area contributed by atoms with E-state index in [-0.39, 0.29) is 11.9 Å². The zero-order chi connectivity index (χ0) is 14.5. The second-order valence-corrected chi connectivity index (χ2v) is 5.26. The minimum Gasteiger partial charge on any atom is -0.366 e. The van der Waals surface area contributed by atoms with Crippen LogP contribution in [-0.2, 0) is 6.42 Å². The Balaban J connectivity index is 2.04. The van der Waals surface area contributed by atoms with Crippen LogP contribution in [0.2, 0.25) is 0 Å². The number of nitrogens with one attached hydrogen (secondary N) is 2. The maximum atomic E-state index is 12.8. The van der Waals surface area contributed by atoms with Gasteiger partial charge in [0, 0.05) is 12.2 Å². The summed E-state index contributed by atoms with van der Waals surface area (Å²) in [4.78, 5) is 8.20. The summed E-state index contributed by atoms with van der Waals surface area (Å²) < 4.78 is 13.6. The molecule has 20 heavy (non-hydrogen) atoms. The molecule has 0 saturated carbocycles. The Labute approximate surface area is 124 Å². The second-order valence-electron chi connectivity index (χ2n) is 4.41. The van der Waals surface area contributed by atoms with E-state index >= 15 is 0 Å². The molecule has 2 rings (SSSR count). The maximum Gasteiger partial charge on any atom is 0.239 e. The van der Waals surface area contributed by atoms with Crippen LogP contribution in [-0.4, -0.2) is 16.0 Å². The van der Waals surface area contributed by atoms with Crippen LogP contribution < -0.4 is 16.6 Å². The van der Waals surface area contributed by atoms with Crippen molar-refractivity contribution in [3.05, 3.63) is 46.3 Å². The molecule has 2 aromatic rings. The number of rotatable bonds is 5. The molecule has 1 unspecified atom stereocenters. The Morgan fingerprint density at radius 1 is 1.35 bits per heavy atom. The van der Waals surface area contributed by atoms with Gasteiger partial charge in [-0.25, -0.2) is 15.2 Å². The van der Waals surface area contributed by atoms with Crippen LogP contribution in [0.3, 0.4) is 0 Å². The third kappa shape index (κ3) is 3.88. The summed E-state index contributed by atoms with van der Waals surface area (Å²) >= 11 is 3.38. The van der Waals surface area contributed by atoms with E-state index < -0.39 is 0 Å². The first-order chi connectivity index (χ1) is 9.58. The molecule has 5 nitrogen and oxygen atoms in total. The second kappa shape index (κ2) is 6.62. The molecular formula is C13H15BrFN5. The van der Waals surface area contributed by atoms with Gasteiger partial charge in [0.15, 0.2) is 0 Å². The molecule has 1 atom stereocenters. The molecule has 1 heterocycles. The van der Waals surface area contributed by atoms with E-state index in [2.05, 4.69) is 36.6 Å². The number of nitrogens with zero attached hydrogens (tertiary/aromatic N) is 2. The average Bonchev–Trinajstić information content (AvgIpc) is 2.44. The van der Waals surface area contributed by atoms with Gasteiger partial charge in [-0.3, -0.25) is 5.43 Å². The number of hydrogen-bond acceptors (Lipinski definition) is 5. The van der Waals surface area contributed by atoms with Gasteiger partial charge in [-0.15, -0.1) is 0 Å². The topological polar surface area (TPSA) is 75.9 Å². The molecule has 0 aliphatic rings. The van der Waals surface area contributed by atoms with Crippen LogP contribution in [0.1, 0.15) is 12.5 Å². The number of benzene rings is 1. The van der Waals surface area contributed by atoms with Crippen LogP contribution in [0.15, 0.2) is 34.9 Å². The van der Waals surface area contributed by atoms with Gasteiger partial charge in [-0.05, 0) is 47.0 Å². The van der Waals surface area contributed by atoms with Gasteiger partial charge in [-0.1, -0.05) is 12.1 Å². The fourth-order valence-electron chi connectivity index (χ4n) is 1.80. The molecule has 1 aromatic heterocycles. The number of nitrogens with two attached hydrogens (primary N) is 1. The quantitative estimate of drug-likeness (QED) is 0.576. The number of aromatic nitrogens is 2. The van der Waals surface area contributed by atoms with E-state index in [1.54, 1.807) is 18.3 Å². The molecule has 0 aliphatic heterocycles. The first-order valence-electron chi connectivity index (χ1n) is 6.08. The van der Waals surface area contributed by atoms with Gasteiger partial charge in [-0.2, -0.15) is 4.98 Å². The van der Waals surface area contributed by atoms with Crippen molar-refractivity contribution in [2.75, 3.05) is 10.7 Å². The lowest BCUT2D eigenvalue weighted by Gasteiger charge is -2.16. The fourth-order valence-corrected chi connectivity index (χ4v) is 2.10. The highest BCUT2D eigenvalue weighted by atomic mass is 79.9. The fraction of sp³-hybridized carbons (Fsp3) is 0.231. The molecule has 0 bridgehead atoms. The molecule has 0 spiro atoms. The first-order valence-corrected chi connectivity index (χ1v) is 6.88. The molecule has 0 radical (unpaired) electrons. The molecule has 0 fully saturated rings. The maximum absolute atomic E-state index is 12.8. The van der Waals surface area contributed by atoms with Gasteiger partial charge in [0.25, 0.3) is 0 Å². The van der Waals surface area contributed by atoms with Gasteiger partial charge in [0.05, 0.1) is 4.47 Å². The van der Waals surface area contributed by atoms with E-state index in [9.17, 15) is 4.39 Å². The highest BCUT2D eigenvalue weighted by molar-refractivity contribution is 9.10. The van der Waals surface area contributed by atoms with E-state index in [1.807, 2.05) is 6.92 Å². The zero-order valence-electron chi connectivity index (χ0n) is 10.9. The van der Waals surface area contributed by atoms with Crippen LogP contribution >= 0.6 is 15.9 Å². The van der Waals surface area contributed by atoms with Gasteiger partial charge in [0.2, 0.25) is 5.95 Å². The molecule has 1 aromatic carbocycles. The lowest BCUT2D eigenvalue weighted by Crippen LogP contribution is -2.20. The average molecular weight is 340 g/mol. The minimum atomic E-state index is -0.230. The van der Waals surface area contributed by atoms with Crippen molar-refractivity contribution >= 4 is 27.7 Å². The number of nitrogen functional groups attached to an aromatic ring is 1. The standard InChI is InChI=1S/C13H15BrFN5/c1-8(6-9-2-4-10(15)5-3-9)18-12-11(14)7-17-13(19-12)20-16/h2-5,7-8H,6,16H2,1H3,(H2,17,18,19,20). The Morgan fingerprint density at radius 2 is 2.05 bits per heavy atom. The van der Waals surface area contributed by atoms with Crippen molar-refractivity contribution in [2.45, 2.75) is 19.4 Å². The third-order valence-corrected chi connectivity index (χ3v) is 3.29. The van der Waals surface area contributed by atoms with E-state index in [0.717, 1.165) is 16.5 Å². The van der Waals surface area contributed by atoms with Crippen molar-refractivity contribution in [1.82, 2.24) is 9.97 Å². The molecule has 106 valence electrons. The lowest BCUT2D eigenvalue weighted by atomic mass is 10.1. The van der Waals surface area contributed by atoms with Crippen molar-refractivity contribution in [3.8, 4) is 0 Å². The van der Waals surface area contributed by atoms with Crippen molar-refractivity contribution in [3.63, 3.8) is 0 Å². The first kappa shape index (κ1) is 14.7. The Morgan fingerprint density at radius 3 is 2.70 bits per heavy atom. The zero-order valence-corrected chi connectivity index (χ0v) is 12.5. The summed E-state index contributed by atoms with van der Waals surface area (Å²) in [7, 11) is 0. The third-order valence-electron chi connectivity index (χ3n) is 2.71. The Hall–Kier alpha value is -1.73. The summed E-state index contributed by atoms with van der Waals surface area (Å²) in [6.07, 6.45) is 2.37. The summed E-state index contributed by atoms with van der Waals surface area (Å²) in [5.74, 6) is 6.05. The smallest absolute Gasteiger partial charge is 0.239 e. The highest BCUT2D eigenvalue weighted by Crippen LogP contribution is 2.21. The molecule has 0 aliphatic carbocycles. The van der Waals surface area contributed by atoms with Crippen LogP contribution in [0.25, 0.3) is 0 Å². The molecule has 7 heteroatoms. The van der Waals surface area contributed by atoms with E-state index in [1.165, 1.54) is 12.1 Å². The van der Waals surface area contributed by atoms with Gasteiger partial charge >= 0.3 is 0 Å². The van der Waals surface area contributed by atoms with E-state index in [0.29, 0.717) is 11.8 Å². The summed E-state index contributed by atoms with van der Waals surface area (Å²) in [6, 6.07) is 6.58. The van der Waals surface area contributed by atoms with Crippen LogP contribution in [0.5, 0.6) is 0 Å². The van der Waals surface area contributed by atoms with Crippen LogP contribution in [0, 0.1) is 5.82 Å². The predicted molar refractivity (Wildman–Crippen MR) is 80.7 cm³/mol.